The van der Waals surface area contributed by atoms with Crippen molar-refractivity contribution < 1.29 is 0 Å². The zero-order valence-corrected chi connectivity index (χ0v) is 18.2. The Bertz CT molecular complexity index is 512. The van der Waals surface area contributed by atoms with Gasteiger partial charge in [0.05, 0.1) is 0 Å². The second-order valence-electron chi connectivity index (χ2n) is 9.29. The molecule has 1 fully saturated rings. The van der Waals surface area contributed by atoms with Gasteiger partial charge in [-0.05, 0) is 90.2 Å². The number of hydrogen-bond acceptors (Lipinski definition) is 2. The molecule has 2 rings (SSSR count). The fraction of sp³-hybridized carbons (Fsp3) is 0.750. The van der Waals surface area contributed by atoms with Gasteiger partial charge in [-0.15, -0.1) is 0 Å². The first-order chi connectivity index (χ1) is 12.3. The van der Waals surface area contributed by atoms with E-state index in [1.54, 1.807) is 0 Å². The van der Waals surface area contributed by atoms with Crippen molar-refractivity contribution in [2.45, 2.75) is 84.2 Å². The third-order valence-corrected chi connectivity index (χ3v) is 6.38. The normalized spacial score (nSPS) is 18.9. The van der Waals surface area contributed by atoms with Crippen molar-refractivity contribution in [3.63, 3.8) is 0 Å². The van der Waals surface area contributed by atoms with Crippen LogP contribution in [0.15, 0.2) is 24.3 Å². The quantitative estimate of drug-likeness (QED) is 0.583. The van der Waals surface area contributed by atoms with Crippen LogP contribution in [0.4, 0.5) is 0 Å². The standard InChI is InChI=1S/C24H42N2/c1-7-11-21-12-14-22(15-13-21)18-20(2)19-23(25(5)6)24(3,4)26-16-9-8-10-17-26/h12-15,20,23H,7-11,16-19H2,1-6H3. The van der Waals surface area contributed by atoms with Crippen LogP contribution in [-0.2, 0) is 12.8 Å². The lowest BCUT2D eigenvalue weighted by Crippen LogP contribution is -2.59. The first-order valence-electron chi connectivity index (χ1n) is 10.8. The molecular formula is C24H42N2. The van der Waals surface area contributed by atoms with E-state index in [-0.39, 0.29) is 5.54 Å². The highest BCUT2D eigenvalue weighted by atomic mass is 15.3. The van der Waals surface area contributed by atoms with E-state index in [1.165, 1.54) is 69.2 Å². The number of rotatable bonds is 9. The molecular weight excluding hydrogens is 316 g/mol. The highest BCUT2D eigenvalue weighted by Crippen LogP contribution is 2.30. The first kappa shape index (κ1) is 21.4. The third-order valence-electron chi connectivity index (χ3n) is 6.38. The summed E-state index contributed by atoms with van der Waals surface area (Å²) in [5.41, 5.74) is 3.20. The Balaban J connectivity index is 1.99. The second kappa shape index (κ2) is 9.90. The summed E-state index contributed by atoms with van der Waals surface area (Å²) >= 11 is 0. The molecule has 1 heterocycles. The van der Waals surface area contributed by atoms with E-state index in [1.807, 2.05) is 0 Å². The topological polar surface area (TPSA) is 6.48 Å². The third kappa shape index (κ3) is 5.82. The number of nitrogens with zero attached hydrogens (tertiary/aromatic N) is 2. The van der Waals surface area contributed by atoms with Crippen LogP contribution in [0.1, 0.15) is 70.9 Å². The van der Waals surface area contributed by atoms with Gasteiger partial charge in [-0.3, -0.25) is 4.90 Å². The number of hydrogen-bond donors (Lipinski definition) is 0. The minimum Gasteiger partial charge on any atom is -0.305 e. The van der Waals surface area contributed by atoms with Crippen molar-refractivity contribution in [1.82, 2.24) is 9.80 Å². The van der Waals surface area contributed by atoms with Crippen molar-refractivity contribution in [2.24, 2.45) is 5.92 Å². The van der Waals surface area contributed by atoms with Gasteiger partial charge in [0.1, 0.15) is 0 Å². The van der Waals surface area contributed by atoms with Crippen LogP contribution in [0.3, 0.4) is 0 Å². The van der Waals surface area contributed by atoms with Crippen molar-refractivity contribution in [3.05, 3.63) is 35.4 Å². The summed E-state index contributed by atoms with van der Waals surface area (Å²) in [5.74, 6) is 0.698. The van der Waals surface area contributed by atoms with E-state index in [9.17, 15) is 0 Å². The molecule has 2 heteroatoms. The molecule has 1 aromatic carbocycles. The minimum atomic E-state index is 0.239. The lowest BCUT2D eigenvalue weighted by molar-refractivity contribution is 0.0156. The Hall–Kier alpha value is -0.860. The summed E-state index contributed by atoms with van der Waals surface area (Å²) in [5, 5.41) is 0. The smallest absolute Gasteiger partial charge is 0.0308 e. The summed E-state index contributed by atoms with van der Waals surface area (Å²) in [6, 6.07) is 9.94. The van der Waals surface area contributed by atoms with E-state index in [4.69, 9.17) is 0 Å². The molecule has 0 amide bonds. The molecule has 2 atom stereocenters. The van der Waals surface area contributed by atoms with Crippen LogP contribution in [0.25, 0.3) is 0 Å². The summed E-state index contributed by atoms with van der Waals surface area (Å²) in [4.78, 5) is 5.21. The molecule has 148 valence electrons. The van der Waals surface area contributed by atoms with Gasteiger partial charge < -0.3 is 4.90 Å². The minimum absolute atomic E-state index is 0.239. The molecule has 1 aliphatic heterocycles. The van der Waals surface area contributed by atoms with Gasteiger partial charge in [-0.1, -0.05) is 51.0 Å². The van der Waals surface area contributed by atoms with E-state index < -0.39 is 0 Å². The van der Waals surface area contributed by atoms with Gasteiger partial charge in [-0.2, -0.15) is 0 Å². The highest BCUT2D eigenvalue weighted by Gasteiger charge is 2.37. The van der Waals surface area contributed by atoms with E-state index >= 15 is 0 Å². The van der Waals surface area contributed by atoms with Gasteiger partial charge >= 0.3 is 0 Å². The van der Waals surface area contributed by atoms with Gasteiger partial charge in [0.2, 0.25) is 0 Å². The van der Waals surface area contributed by atoms with Crippen LogP contribution >= 0.6 is 0 Å². The number of aryl methyl sites for hydroxylation is 1. The molecule has 1 aromatic rings. The fourth-order valence-corrected chi connectivity index (χ4v) is 4.81. The summed E-state index contributed by atoms with van der Waals surface area (Å²) in [7, 11) is 4.53. The maximum absolute atomic E-state index is 2.74. The average molecular weight is 359 g/mol. The molecule has 2 nitrogen and oxygen atoms in total. The summed E-state index contributed by atoms with van der Waals surface area (Å²) in [6.07, 6.45) is 9.00. The highest BCUT2D eigenvalue weighted by molar-refractivity contribution is 5.23. The second-order valence-corrected chi connectivity index (χ2v) is 9.29. The van der Waals surface area contributed by atoms with Crippen molar-refractivity contribution in [1.29, 1.82) is 0 Å². The Kier molecular flexibility index (Phi) is 8.16. The van der Waals surface area contributed by atoms with Crippen LogP contribution in [0.5, 0.6) is 0 Å². The van der Waals surface area contributed by atoms with Gasteiger partial charge in [-0.25, -0.2) is 0 Å². The Morgan fingerprint density at radius 3 is 2.12 bits per heavy atom. The van der Waals surface area contributed by atoms with Gasteiger partial charge in [0, 0.05) is 11.6 Å². The lowest BCUT2D eigenvalue weighted by atomic mass is 9.82. The molecule has 0 aromatic heterocycles. The number of benzene rings is 1. The molecule has 0 N–H and O–H groups in total. The van der Waals surface area contributed by atoms with E-state index in [0.717, 1.165) is 0 Å². The van der Waals surface area contributed by atoms with Crippen LogP contribution < -0.4 is 0 Å². The monoisotopic (exact) mass is 358 g/mol. The number of likely N-dealkylation sites (tertiary alicyclic amines) is 1. The Morgan fingerprint density at radius 1 is 1.00 bits per heavy atom. The molecule has 0 radical (unpaired) electrons. The number of likely N-dealkylation sites (N-methyl/N-ethyl adjacent to an activating group) is 1. The van der Waals surface area contributed by atoms with Crippen molar-refractivity contribution in [2.75, 3.05) is 27.2 Å². The fourth-order valence-electron chi connectivity index (χ4n) is 4.81. The maximum atomic E-state index is 2.74. The molecule has 0 bridgehead atoms. The molecule has 0 aliphatic carbocycles. The molecule has 1 aliphatic rings. The summed E-state index contributed by atoms with van der Waals surface area (Å²) in [6.45, 7) is 12.2. The van der Waals surface area contributed by atoms with Crippen LogP contribution in [-0.4, -0.2) is 48.6 Å². The van der Waals surface area contributed by atoms with Gasteiger partial charge in [0.25, 0.3) is 0 Å². The summed E-state index contributed by atoms with van der Waals surface area (Å²) < 4.78 is 0. The zero-order valence-electron chi connectivity index (χ0n) is 18.2. The van der Waals surface area contributed by atoms with Crippen molar-refractivity contribution >= 4 is 0 Å². The number of piperidine rings is 1. The Morgan fingerprint density at radius 2 is 1.58 bits per heavy atom. The average Bonchev–Trinajstić information content (AvgIpc) is 2.62. The zero-order chi connectivity index (χ0) is 19.2. The SMILES string of the molecule is CCCc1ccc(CC(C)CC(N(C)C)C(C)(C)N2CCCCC2)cc1. The predicted molar refractivity (Wildman–Crippen MR) is 115 cm³/mol. The van der Waals surface area contributed by atoms with Gasteiger partial charge in [0.15, 0.2) is 0 Å². The Labute approximate surface area is 163 Å². The van der Waals surface area contributed by atoms with Crippen molar-refractivity contribution in [3.8, 4) is 0 Å². The molecule has 0 spiro atoms. The van der Waals surface area contributed by atoms with Crippen LogP contribution in [0, 0.1) is 5.92 Å². The maximum Gasteiger partial charge on any atom is 0.0308 e. The molecule has 1 saturated heterocycles. The molecule has 26 heavy (non-hydrogen) atoms. The largest absolute Gasteiger partial charge is 0.305 e. The molecule has 0 saturated carbocycles. The first-order valence-corrected chi connectivity index (χ1v) is 10.8. The van der Waals surface area contributed by atoms with E-state index in [2.05, 4.69) is 75.9 Å². The van der Waals surface area contributed by atoms with E-state index in [0.29, 0.717) is 12.0 Å². The lowest BCUT2D eigenvalue weighted by Gasteiger charge is -2.49. The predicted octanol–water partition coefficient (Wildman–Crippen LogP) is 5.40. The molecule has 2 unspecified atom stereocenters. The van der Waals surface area contributed by atoms with Crippen LogP contribution in [0.2, 0.25) is 0 Å².